The fourth-order valence-electron chi connectivity index (χ4n) is 2.00. The van der Waals surface area contributed by atoms with Crippen LogP contribution in [0, 0.1) is 5.41 Å². The molecular weight excluding hydrogens is 262 g/mol. The molecule has 0 aromatic carbocycles. The second kappa shape index (κ2) is 3.93. The van der Waals surface area contributed by atoms with Crippen molar-refractivity contribution in [3.05, 3.63) is 20.8 Å². The van der Waals surface area contributed by atoms with Crippen molar-refractivity contribution in [1.29, 1.82) is 0 Å². The number of hydrogen-bond acceptors (Lipinski definition) is 3. The Morgan fingerprint density at radius 1 is 1.57 bits per heavy atom. The zero-order valence-corrected chi connectivity index (χ0v) is 10.3. The van der Waals surface area contributed by atoms with Crippen molar-refractivity contribution in [3.8, 4) is 0 Å². The van der Waals surface area contributed by atoms with Crippen LogP contribution < -0.4 is 5.73 Å². The lowest BCUT2D eigenvalue weighted by Crippen LogP contribution is -2.42. The van der Waals surface area contributed by atoms with Gasteiger partial charge in [0.25, 0.3) is 0 Å². The Bertz CT molecular complexity index is 316. The van der Waals surface area contributed by atoms with Crippen LogP contribution in [0.25, 0.3) is 0 Å². The predicted octanol–water partition coefficient (Wildman–Crippen LogP) is 2.67. The summed E-state index contributed by atoms with van der Waals surface area (Å²) in [5.74, 6) is 0. The van der Waals surface area contributed by atoms with Gasteiger partial charge in [-0.3, -0.25) is 0 Å². The Morgan fingerprint density at radius 3 is 2.64 bits per heavy atom. The summed E-state index contributed by atoms with van der Waals surface area (Å²) in [7, 11) is 0. The molecule has 1 saturated carbocycles. The first kappa shape index (κ1) is 10.6. The number of thiophene rings is 1. The van der Waals surface area contributed by atoms with Crippen LogP contribution in [0.1, 0.15) is 30.2 Å². The van der Waals surface area contributed by atoms with E-state index in [-0.39, 0.29) is 11.5 Å². The van der Waals surface area contributed by atoms with Crippen LogP contribution in [0.2, 0.25) is 0 Å². The molecule has 78 valence electrons. The highest BCUT2D eigenvalue weighted by Crippen LogP contribution is 2.50. The molecule has 0 bridgehead atoms. The number of hydrogen-bond donors (Lipinski definition) is 2. The molecule has 1 unspecified atom stereocenters. The quantitative estimate of drug-likeness (QED) is 0.891. The molecule has 3 N–H and O–H groups in total. The highest BCUT2D eigenvalue weighted by atomic mass is 79.9. The molecule has 2 nitrogen and oxygen atoms in total. The SMILES string of the molecule is NCC1(C(O)c2ccc(Br)s2)CCC1. The first-order valence-corrected chi connectivity index (χ1v) is 6.42. The lowest BCUT2D eigenvalue weighted by atomic mass is 9.65. The van der Waals surface area contributed by atoms with Crippen molar-refractivity contribution in [2.24, 2.45) is 11.1 Å². The average Bonchev–Trinajstić information content (AvgIpc) is 2.50. The summed E-state index contributed by atoms with van der Waals surface area (Å²) in [6.45, 7) is 0.587. The Kier molecular flexibility index (Phi) is 2.98. The van der Waals surface area contributed by atoms with Crippen molar-refractivity contribution in [1.82, 2.24) is 0 Å². The molecule has 0 saturated heterocycles. The van der Waals surface area contributed by atoms with E-state index < -0.39 is 0 Å². The number of halogens is 1. The minimum Gasteiger partial charge on any atom is -0.387 e. The van der Waals surface area contributed by atoms with Crippen LogP contribution >= 0.6 is 27.3 Å². The fraction of sp³-hybridized carbons (Fsp3) is 0.600. The van der Waals surface area contributed by atoms with Crippen LogP contribution in [0.3, 0.4) is 0 Å². The van der Waals surface area contributed by atoms with Gasteiger partial charge in [0.05, 0.1) is 9.89 Å². The van der Waals surface area contributed by atoms with Gasteiger partial charge in [-0.05, 0) is 40.9 Å². The number of rotatable bonds is 3. The zero-order chi connectivity index (χ0) is 10.2. The van der Waals surface area contributed by atoms with Crippen LogP contribution in [0.4, 0.5) is 0 Å². The second-order valence-electron chi connectivity index (χ2n) is 3.96. The first-order valence-electron chi connectivity index (χ1n) is 4.81. The molecule has 1 aromatic rings. The topological polar surface area (TPSA) is 46.2 Å². The summed E-state index contributed by atoms with van der Waals surface area (Å²) in [5.41, 5.74) is 5.71. The molecule has 0 radical (unpaired) electrons. The molecular formula is C10H14BrNOS. The van der Waals surface area contributed by atoms with Crippen molar-refractivity contribution in [3.63, 3.8) is 0 Å². The summed E-state index contributed by atoms with van der Waals surface area (Å²) in [5, 5.41) is 10.2. The fourth-order valence-corrected chi connectivity index (χ4v) is 3.55. The standard InChI is InChI=1S/C10H14BrNOS/c11-8-3-2-7(14-8)9(13)10(6-12)4-1-5-10/h2-3,9,13H,1,4-6,12H2. The molecule has 14 heavy (non-hydrogen) atoms. The predicted molar refractivity (Wildman–Crippen MR) is 62.3 cm³/mol. The molecule has 1 fully saturated rings. The number of aliphatic hydroxyl groups excluding tert-OH is 1. The Morgan fingerprint density at radius 2 is 2.29 bits per heavy atom. The van der Waals surface area contributed by atoms with Gasteiger partial charge in [0.1, 0.15) is 0 Å². The lowest BCUT2D eigenvalue weighted by Gasteiger charge is -2.44. The van der Waals surface area contributed by atoms with E-state index in [1.165, 1.54) is 6.42 Å². The number of nitrogens with two attached hydrogens (primary N) is 1. The van der Waals surface area contributed by atoms with E-state index in [1.807, 2.05) is 12.1 Å². The summed E-state index contributed by atoms with van der Waals surface area (Å²) in [4.78, 5) is 1.03. The summed E-state index contributed by atoms with van der Waals surface area (Å²) in [6.07, 6.45) is 2.93. The molecule has 1 aromatic heterocycles. The molecule has 0 amide bonds. The Labute approximate surface area is 96.3 Å². The van der Waals surface area contributed by atoms with E-state index in [2.05, 4.69) is 15.9 Å². The third-order valence-electron chi connectivity index (χ3n) is 3.20. The summed E-state index contributed by atoms with van der Waals surface area (Å²) in [6, 6.07) is 3.96. The normalized spacial score (nSPS) is 21.6. The monoisotopic (exact) mass is 275 g/mol. The maximum absolute atomic E-state index is 10.2. The van der Waals surface area contributed by atoms with Crippen LogP contribution in [0.5, 0.6) is 0 Å². The van der Waals surface area contributed by atoms with Crippen LogP contribution in [-0.4, -0.2) is 11.7 Å². The Balaban J connectivity index is 2.18. The molecule has 1 atom stereocenters. The van der Waals surface area contributed by atoms with E-state index in [1.54, 1.807) is 11.3 Å². The van der Waals surface area contributed by atoms with Crippen molar-refractivity contribution in [2.45, 2.75) is 25.4 Å². The van der Waals surface area contributed by atoms with Crippen molar-refractivity contribution >= 4 is 27.3 Å². The minimum atomic E-state index is -0.377. The van der Waals surface area contributed by atoms with E-state index >= 15 is 0 Å². The minimum absolute atomic E-state index is 0.0374. The highest BCUT2D eigenvalue weighted by molar-refractivity contribution is 9.11. The van der Waals surface area contributed by atoms with Gasteiger partial charge in [-0.1, -0.05) is 6.42 Å². The molecule has 1 heterocycles. The smallest absolute Gasteiger partial charge is 0.0950 e. The van der Waals surface area contributed by atoms with Crippen LogP contribution in [-0.2, 0) is 0 Å². The van der Waals surface area contributed by atoms with Gasteiger partial charge in [0.2, 0.25) is 0 Å². The highest BCUT2D eigenvalue weighted by Gasteiger charge is 2.43. The second-order valence-corrected chi connectivity index (χ2v) is 6.46. The van der Waals surface area contributed by atoms with Gasteiger partial charge < -0.3 is 10.8 Å². The largest absolute Gasteiger partial charge is 0.387 e. The first-order chi connectivity index (χ1) is 6.68. The molecule has 1 aliphatic carbocycles. The zero-order valence-electron chi connectivity index (χ0n) is 7.87. The summed E-state index contributed by atoms with van der Waals surface area (Å²) < 4.78 is 1.07. The molecule has 1 aliphatic rings. The Hall–Kier alpha value is 0.1000. The lowest BCUT2D eigenvalue weighted by molar-refractivity contribution is -0.0274. The average molecular weight is 276 g/mol. The van der Waals surface area contributed by atoms with Gasteiger partial charge in [-0.25, -0.2) is 0 Å². The van der Waals surface area contributed by atoms with Crippen molar-refractivity contribution in [2.75, 3.05) is 6.54 Å². The van der Waals surface area contributed by atoms with E-state index in [0.717, 1.165) is 21.5 Å². The third kappa shape index (κ3) is 1.65. The van der Waals surface area contributed by atoms with Gasteiger partial charge >= 0.3 is 0 Å². The van der Waals surface area contributed by atoms with E-state index in [9.17, 15) is 5.11 Å². The van der Waals surface area contributed by atoms with Gasteiger partial charge in [-0.15, -0.1) is 11.3 Å². The van der Waals surface area contributed by atoms with Crippen molar-refractivity contribution < 1.29 is 5.11 Å². The maximum atomic E-state index is 10.2. The van der Waals surface area contributed by atoms with Gasteiger partial charge in [0, 0.05) is 16.8 Å². The van der Waals surface area contributed by atoms with E-state index in [0.29, 0.717) is 6.54 Å². The maximum Gasteiger partial charge on any atom is 0.0950 e. The molecule has 2 rings (SSSR count). The van der Waals surface area contributed by atoms with E-state index in [4.69, 9.17) is 5.73 Å². The van der Waals surface area contributed by atoms with Gasteiger partial charge in [0.15, 0.2) is 0 Å². The molecule has 0 spiro atoms. The van der Waals surface area contributed by atoms with Crippen LogP contribution in [0.15, 0.2) is 15.9 Å². The molecule has 0 aliphatic heterocycles. The third-order valence-corrected chi connectivity index (χ3v) is 4.88. The summed E-state index contributed by atoms with van der Waals surface area (Å²) >= 11 is 5.00. The van der Waals surface area contributed by atoms with Gasteiger partial charge in [-0.2, -0.15) is 0 Å². The molecule has 4 heteroatoms. The number of aliphatic hydroxyl groups is 1.